The van der Waals surface area contributed by atoms with Crippen LogP contribution in [-0.4, -0.2) is 12.3 Å². The summed E-state index contributed by atoms with van der Waals surface area (Å²) in [5.41, 5.74) is 1.92. The number of hydrogen-bond donors (Lipinski definition) is 1. The molecule has 0 heterocycles. The number of rotatable bonds is 7. The molecule has 0 unspecified atom stereocenters. The molecule has 0 fully saturated rings. The first kappa shape index (κ1) is 13.8. The molecule has 94 valence electrons. The number of nitrogens with one attached hydrogen (secondary N) is 1. The normalized spacial score (nSPS) is 10.6. The second-order valence-electron chi connectivity index (χ2n) is 4.86. The molecular formula is C15H23NO. The predicted octanol–water partition coefficient (Wildman–Crippen LogP) is 4.13. The molecule has 2 heteroatoms. The van der Waals surface area contributed by atoms with E-state index in [0.29, 0.717) is 12.3 Å². The van der Waals surface area contributed by atoms with Crippen LogP contribution in [-0.2, 0) is 0 Å². The minimum Gasteiger partial charge on any atom is -0.385 e. The Morgan fingerprint density at radius 1 is 1.24 bits per heavy atom. The number of benzene rings is 1. The van der Waals surface area contributed by atoms with E-state index >= 15 is 0 Å². The molecule has 1 aromatic carbocycles. The Kier molecular flexibility index (Phi) is 5.75. The van der Waals surface area contributed by atoms with Gasteiger partial charge < -0.3 is 5.32 Å². The lowest BCUT2D eigenvalue weighted by Crippen LogP contribution is -2.03. The quantitative estimate of drug-likeness (QED) is 0.717. The first-order valence-corrected chi connectivity index (χ1v) is 6.50. The van der Waals surface area contributed by atoms with Gasteiger partial charge in [0, 0.05) is 24.2 Å². The molecule has 0 aliphatic rings. The standard InChI is InChI=1S/C15H23NO/c1-4-11-16-14-8-6-13(7-9-14)15(17)10-5-12(2)3/h6-9,12,16H,4-5,10-11H2,1-3H3. The summed E-state index contributed by atoms with van der Waals surface area (Å²) in [7, 11) is 0. The molecule has 0 saturated heterocycles. The van der Waals surface area contributed by atoms with Crippen molar-refractivity contribution in [3.05, 3.63) is 29.8 Å². The van der Waals surface area contributed by atoms with Crippen LogP contribution in [0.15, 0.2) is 24.3 Å². The number of carbonyl (C=O) groups is 1. The Hall–Kier alpha value is -1.31. The molecule has 1 aromatic rings. The van der Waals surface area contributed by atoms with Crippen LogP contribution in [0, 0.1) is 5.92 Å². The fourth-order valence-electron chi connectivity index (χ4n) is 1.61. The van der Waals surface area contributed by atoms with Crippen molar-refractivity contribution in [1.29, 1.82) is 0 Å². The van der Waals surface area contributed by atoms with Gasteiger partial charge in [-0.2, -0.15) is 0 Å². The maximum Gasteiger partial charge on any atom is 0.162 e. The van der Waals surface area contributed by atoms with Crippen LogP contribution >= 0.6 is 0 Å². The van der Waals surface area contributed by atoms with Crippen molar-refractivity contribution in [2.75, 3.05) is 11.9 Å². The summed E-state index contributed by atoms with van der Waals surface area (Å²) in [6, 6.07) is 7.80. The van der Waals surface area contributed by atoms with Gasteiger partial charge in [0.2, 0.25) is 0 Å². The smallest absolute Gasteiger partial charge is 0.162 e. The van der Waals surface area contributed by atoms with Crippen LogP contribution in [0.1, 0.15) is 50.4 Å². The van der Waals surface area contributed by atoms with Crippen molar-refractivity contribution in [2.45, 2.75) is 40.0 Å². The molecule has 0 aliphatic heterocycles. The van der Waals surface area contributed by atoms with Gasteiger partial charge >= 0.3 is 0 Å². The average molecular weight is 233 g/mol. The van der Waals surface area contributed by atoms with E-state index in [2.05, 4.69) is 26.1 Å². The van der Waals surface area contributed by atoms with E-state index in [0.717, 1.165) is 30.6 Å². The van der Waals surface area contributed by atoms with E-state index in [1.165, 1.54) is 0 Å². The van der Waals surface area contributed by atoms with Crippen molar-refractivity contribution < 1.29 is 4.79 Å². The first-order chi connectivity index (χ1) is 8.13. The number of ketones is 1. The maximum absolute atomic E-state index is 11.9. The number of anilines is 1. The highest BCUT2D eigenvalue weighted by Crippen LogP contribution is 2.13. The Labute approximate surface area is 104 Å². The second kappa shape index (κ2) is 7.10. The van der Waals surface area contributed by atoms with Crippen LogP contribution in [0.2, 0.25) is 0 Å². The first-order valence-electron chi connectivity index (χ1n) is 6.50. The zero-order valence-corrected chi connectivity index (χ0v) is 11.1. The van der Waals surface area contributed by atoms with Gasteiger partial charge in [0.25, 0.3) is 0 Å². The highest BCUT2D eigenvalue weighted by molar-refractivity contribution is 5.96. The number of Topliss-reactive ketones (excluding diaryl/α,β-unsaturated/α-hetero) is 1. The third-order valence-electron chi connectivity index (χ3n) is 2.73. The lowest BCUT2D eigenvalue weighted by molar-refractivity contribution is 0.0975. The molecular weight excluding hydrogens is 210 g/mol. The van der Waals surface area contributed by atoms with Gasteiger partial charge in [0.05, 0.1) is 0 Å². The lowest BCUT2D eigenvalue weighted by atomic mass is 10.0. The molecule has 0 saturated carbocycles. The molecule has 1 rings (SSSR count). The fraction of sp³-hybridized carbons (Fsp3) is 0.533. The third-order valence-corrected chi connectivity index (χ3v) is 2.73. The molecule has 0 amide bonds. The summed E-state index contributed by atoms with van der Waals surface area (Å²) < 4.78 is 0. The van der Waals surface area contributed by atoms with Crippen LogP contribution in [0.5, 0.6) is 0 Å². The molecule has 0 atom stereocenters. The molecule has 17 heavy (non-hydrogen) atoms. The van der Waals surface area contributed by atoms with Gasteiger partial charge in [-0.05, 0) is 43.0 Å². The molecule has 0 aliphatic carbocycles. The Morgan fingerprint density at radius 2 is 1.88 bits per heavy atom. The zero-order valence-electron chi connectivity index (χ0n) is 11.1. The zero-order chi connectivity index (χ0) is 12.7. The minimum atomic E-state index is 0.251. The average Bonchev–Trinajstić information content (AvgIpc) is 2.34. The molecule has 0 aromatic heterocycles. The van der Waals surface area contributed by atoms with Gasteiger partial charge in [0.1, 0.15) is 0 Å². The monoisotopic (exact) mass is 233 g/mol. The molecule has 0 bridgehead atoms. The SMILES string of the molecule is CCCNc1ccc(C(=O)CCC(C)C)cc1. The highest BCUT2D eigenvalue weighted by atomic mass is 16.1. The molecule has 2 nitrogen and oxygen atoms in total. The van der Waals surface area contributed by atoms with Crippen LogP contribution < -0.4 is 5.32 Å². The van der Waals surface area contributed by atoms with Gasteiger partial charge in [-0.25, -0.2) is 0 Å². The van der Waals surface area contributed by atoms with Gasteiger partial charge in [-0.1, -0.05) is 20.8 Å². The summed E-state index contributed by atoms with van der Waals surface area (Å²) in [5, 5.41) is 3.30. The molecule has 0 spiro atoms. The van der Waals surface area contributed by atoms with E-state index in [-0.39, 0.29) is 5.78 Å². The van der Waals surface area contributed by atoms with Crippen molar-refractivity contribution >= 4 is 11.5 Å². The van der Waals surface area contributed by atoms with Crippen molar-refractivity contribution in [1.82, 2.24) is 0 Å². The van der Waals surface area contributed by atoms with Gasteiger partial charge in [-0.15, -0.1) is 0 Å². The summed E-state index contributed by atoms with van der Waals surface area (Å²) in [5.74, 6) is 0.838. The van der Waals surface area contributed by atoms with E-state index in [1.54, 1.807) is 0 Å². The van der Waals surface area contributed by atoms with E-state index in [9.17, 15) is 4.79 Å². The topological polar surface area (TPSA) is 29.1 Å². The van der Waals surface area contributed by atoms with Crippen molar-refractivity contribution in [3.8, 4) is 0 Å². The van der Waals surface area contributed by atoms with E-state index in [4.69, 9.17) is 0 Å². The van der Waals surface area contributed by atoms with E-state index < -0.39 is 0 Å². The van der Waals surface area contributed by atoms with E-state index in [1.807, 2.05) is 24.3 Å². The summed E-state index contributed by atoms with van der Waals surface area (Å²) in [6.07, 6.45) is 2.73. The Morgan fingerprint density at radius 3 is 2.41 bits per heavy atom. The largest absolute Gasteiger partial charge is 0.385 e. The summed E-state index contributed by atoms with van der Waals surface area (Å²) in [4.78, 5) is 11.9. The number of carbonyl (C=O) groups excluding carboxylic acids is 1. The number of hydrogen-bond acceptors (Lipinski definition) is 2. The van der Waals surface area contributed by atoms with Crippen LogP contribution in [0.25, 0.3) is 0 Å². The highest BCUT2D eigenvalue weighted by Gasteiger charge is 2.06. The van der Waals surface area contributed by atoms with Gasteiger partial charge in [-0.3, -0.25) is 4.79 Å². The minimum absolute atomic E-state index is 0.251. The molecule has 1 N–H and O–H groups in total. The third kappa shape index (κ3) is 5.03. The van der Waals surface area contributed by atoms with Crippen LogP contribution in [0.4, 0.5) is 5.69 Å². The van der Waals surface area contributed by atoms with Crippen molar-refractivity contribution in [3.63, 3.8) is 0 Å². The Bertz CT molecular complexity index is 340. The lowest BCUT2D eigenvalue weighted by Gasteiger charge is -2.06. The second-order valence-corrected chi connectivity index (χ2v) is 4.86. The predicted molar refractivity (Wildman–Crippen MR) is 73.6 cm³/mol. The van der Waals surface area contributed by atoms with Crippen LogP contribution in [0.3, 0.4) is 0 Å². The Balaban J connectivity index is 2.51. The van der Waals surface area contributed by atoms with Gasteiger partial charge in [0.15, 0.2) is 5.78 Å². The maximum atomic E-state index is 11.9. The van der Waals surface area contributed by atoms with Crippen molar-refractivity contribution in [2.24, 2.45) is 5.92 Å². The molecule has 0 radical (unpaired) electrons. The summed E-state index contributed by atoms with van der Waals surface area (Å²) in [6.45, 7) is 7.40. The summed E-state index contributed by atoms with van der Waals surface area (Å²) >= 11 is 0. The fourth-order valence-corrected chi connectivity index (χ4v) is 1.61.